The number of benzene rings is 2. The fourth-order valence-corrected chi connectivity index (χ4v) is 1.90. The molecule has 0 saturated heterocycles. The molecule has 0 heterocycles. The van der Waals surface area contributed by atoms with Gasteiger partial charge < -0.3 is 10.2 Å². The molecule has 0 aliphatic carbocycles. The third-order valence-corrected chi connectivity index (χ3v) is 2.78. The Labute approximate surface area is 115 Å². The van der Waals surface area contributed by atoms with E-state index in [2.05, 4.69) is 0 Å². The van der Waals surface area contributed by atoms with Crippen molar-refractivity contribution in [1.82, 2.24) is 0 Å². The number of phenols is 1. The number of aliphatic carboxylic acids is 1. The molecule has 0 saturated carbocycles. The number of hydrogen-bond acceptors (Lipinski definition) is 2. The Morgan fingerprint density at radius 1 is 1.11 bits per heavy atom. The molecule has 0 atom stereocenters. The lowest BCUT2D eigenvalue weighted by Gasteiger charge is -2.04. The van der Waals surface area contributed by atoms with Gasteiger partial charge in [-0.15, -0.1) is 0 Å². The monoisotopic (exact) mass is 274 g/mol. The van der Waals surface area contributed by atoms with Crippen molar-refractivity contribution in [3.8, 4) is 5.75 Å². The average Bonchev–Trinajstić information content (AvgIpc) is 2.35. The van der Waals surface area contributed by atoms with E-state index in [1.54, 1.807) is 36.4 Å². The van der Waals surface area contributed by atoms with Crippen LogP contribution < -0.4 is 0 Å². The highest BCUT2D eigenvalue weighted by molar-refractivity contribution is 6.31. The van der Waals surface area contributed by atoms with Crippen LogP contribution in [-0.2, 0) is 4.79 Å². The molecule has 0 spiro atoms. The molecule has 2 rings (SSSR count). The zero-order valence-corrected chi connectivity index (χ0v) is 10.6. The van der Waals surface area contributed by atoms with E-state index in [1.807, 2.05) is 0 Å². The summed E-state index contributed by atoms with van der Waals surface area (Å²) in [6, 6.07) is 13.0. The zero-order valence-electron chi connectivity index (χ0n) is 9.88. The second-order valence-electron chi connectivity index (χ2n) is 3.97. The summed E-state index contributed by atoms with van der Waals surface area (Å²) in [6.07, 6.45) is 1.49. The normalized spacial score (nSPS) is 11.3. The fraction of sp³-hybridized carbons (Fsp3) is 0. The summed E-state index contributed by atoms with van der Waals surface area (Å²) in [5.41, 5.74) is 1.24. The zero-order chi connectivity index (χ0) is 13.8. The van der Waals surface area contributed by atoms with Crippen molar-refractivity contribution < 1.29 is 15.0 Å². The quantitative estimate of drug-likeness (QED) is 0.663. The van der Waals surface area contributed by atoms with Gasteiger partial charge in [-0.25, -0.2) is 4.79 Å². The second kappa shape index (κ2) is 5.59. The van der Waals surface area contributed by atoms with Crippen molar-refractivity contribution >= 4 is 29.2 Å². The fourth-order valence-electron chi connectivity index (χ4n) is 1.71. The van der Waals surface area contributed by atoms with Crippen LogP contribution in [0.25, 0.3) is 11.6 Å². The van der Waals surface area contributed by atoms with Crippen LogP contribution >= 0.6 is 11.6 Å². The lowest BCUT2D eigenvalue weighted by atomic mass is 10.0. The van der Waals surface area contributed by atoms with Crippen molar-refractivity contribution in [2.75, 3.05) is 0 Å². The molecule has 0 bridgehead atoms. The Balaban J connectivity index is 2.49. The molecule has 0 aliphatic rings. The Morgan fingerprint density at radius 2 is 1.84 bits per heavy atom. The van der Waals surface area contributed by atoms with Gasteiger partial charge in [0.2, 0.25) is 0 Å². The number of phenolic OH excluding ortho intramolecular Hbond substituents is 1. The summed E-state index contributed by atoms with van der Waals surface area (Å²) < 4.78 is 0. The van der Waals surface area contributed by atoms with Crippen molar-refractivity contribution in [3.63, 3.8) is 0 Å². The maximum Gasteiger partial charge on any atom is 0.336 e. The van der Waals surface area contributed by atoms with Crippen molar-refractivity contribution in [2.45, 2.75) is 0 Å². The lowest BCUT2D eigenvalue weighted by molar-refractivity contribution is -0.130. The van der Waals surface area contributed by atoms with Gasteiger partial charge in [0.05, 0.1) is 5.57 Å². The Hall–Kier alpha value is -2.26. The number of rotatable bonds is 3. The summed E-state index contributed by atoms with van der Waals surface area (Å²) >= 11 is 5.86. The van der Waals surface area contributed by atoms with Crippen molar-refractivity contribution in [2.24, 2.45) is 0 Å². The number of aromatic hydroxyl groups is 1. The highest BCUT2D eigenvalue weighted by Gasteiger charge is 2.10. The highest BCUT2D eigenvalue weighted by atomic mass is 35.5. The van der Waals surface area contributed by atoms with Gasteiger partial charge in [-0.2, -0.15) is 0 Å². The first-order valence-corrected chi connectivity index (χ1v) is 5.94. The topological polar surface area (TPSA) is 57.5 Å². The lowest BCUT2D eigenvalue weighted by Crippen LogP contribution is -1.99. The minimum atomic E-state index is -1.05. The first kappa shape index (κ1) is 13.2. The molecule has 4 heteroatoms. The molecule has 2 aromatic carbocycles. The van der Waals surface area contributed by atoms with Crippen LogP contribution in [0.4, 0.5) is 0 Å². The van der Waals surface area contributed by atoms with E-state index in [1.165, 1.54) is 18.2 Å². The van der Waals surface area contributed by atoms with Crippen LogP contribution in [0.2, 0.25) is 5.02 Å². The van der Waals surface area contributed by atoms with Crippen LogP contribution in [0, 0.1) is 0 Å². The van der Waals surface area contributed by atoms with Gasteiger partial charge in [-0.3, -0.25) is 0 Å². The van der Waals surface area contributed by atoms with E-state index in [0.717, 1.165) is 0 Å². The van der Waals surface area contributed by atoms with Gasteiger partial charge in [0, 0.05) is 5.02 Å². The van der Waals surface area contributed by atoms with E-state index in [-0.39, 0.29) is 11.3 Å². The number of halogens is 1. The molecule has 0 amide bonds. The van der Waals surface area contributed by atoms with E-state index < -0.39 is 5.97 Å². The molecule has 0 radical (unpaired) electrons. The second-order valence-corrected chi connectivity index (χ2v) is 4.40. The van der Waals surface area contributed by atoms with E-state index >= 15 is 0 Å². The van der Waals surface area contributed by atoms with Crippen molar-refractivity contribution in [1.29, 1.82) is 0 Å². The largest absolute Gasteiger partial charge is 0.508 e. The van der Waals surface area contributed by atoms with E-state index in [0.29, 0.717) is 16.1 Å². The molecule has 2 aromatic rings. The smallest absolute Gasteiger partial charge is 0.336 e. The third-order valence-electron chi connectivity index (χ3n) is 2.55. The summed E-state index contributed by atoms with van der Waals surface area (Å²) in [5.74, 6) is -0.963. The number of carboxylic acids is 1. The summed E-state index contributed by atoms with van der Waals surface area (Å²) in [7, 11) is 0. The number of carbonyl (C=O) groups is 1. The molecule has 3 nitrogen and oxygen atoms in total. The van der Waals surface area contributed by atoms with Crippen LogP contribution in [0.5, 0.6) is 5.75 Å². The number of carboxylic acid groups (broad SMARTS) is 1. The Morgan fingerprint density at radius 3 is 2.47 bits per heavy atom. The van der Waals surface area contributed by atoms with Crippen LogP contribution in [0.3, 0.4) is 0 Å². The molecule has 0 fully saturated rings. The third kappa shape index (κ3) is 3.36. The molecule has 2 N–H and O–H groups in total. The summed E-state index contributed by atoms with van der Waals surface area (Å²) in [5, 5.41) is 19.1. The molecule has 0 unspecified atom stereocenters. The van der Waals surface area contributed by atoms with Crippen LogP contribution in [0.1, 0.15) is 11.1 Å². The van der Waals surface area contributed by atoms with Crippen LogP contribution in [0.15, 0.2) is 48.5 Å². The first-order valence-electron chi connectivity index (χ1n) is 5.56. The Kier molecular flexibility index (Phi) is 3.88. The van der Waals surface area contributed by atoms with Gasteiger partial charge in [-0.05, 0) is 41.5 Å². The molecular formula is C15H11ClO3. The maximum atomic E-state index is 11.3. The average molecular weight is 275 g/mol. The van der Waals surface area contributed by atoms with Gasteiger partial charge in [-0.1, -0.05) is 35.9 Å². The molecule has 96 valence electrons. The predicted octanol–water partition coefficient (Wildman–Crippen LogP) is 3.67. The minimum Gasteiger partial charge on any atom is -0.508 e. The summed E-state index contributed by atoms with van der Waals surface area (Å²) in [6.45, 7) is 0. The van der Waals surface area contributed by atoms with Gasteiger partial charge >= 0.3 is 5.97 Å². The van der Waals surface area contributed by atoms with Crippen molar-refractivity contribution in [3.05, 3.63) is 64.7 Å². The standard InChI is InChI=1S/C15H11ClO3/c16-12-5-2-4-11(9-12)14(15(18)19)8-10-3-1-6-13(17)7-10/h1-9,17H,(H,18,19)/b14-8+. The Bertz CT molecular complexity index is 647. The molecule has 0 aromatic heterocycles. The van der Waals surface area contributed by atoms with Gasteiger partial charge in [0.25, 0.3) is 0 Å². The van der Waals surface area contributed by atoms with Gasteiger partial charge in [0.1, 0.15) is 5.75 Å². The molecule has 0 aliphatic heterocycles. The van der Waals surface area contributed by atoms with Gasteiger partial charge in [0.15, 0.2) is 0 Å². The number of hydrogen-bond donors (Lipinski definition) is 2. The van der Waals surface area contributed by atoms with Crippen LogP contribution in [-0.4, -0.2) is 16.2 Å². The van der Waals surface area contributed by atoms with E-state index in [9.17, 15) is 15.0 Å². The minimum absolute atomic E-state index is 0.0876. The summed E-state index contributed by atoms with van der Waals surface area (Å²) in [4.78, 5) is 11.3. The molecular weight excluding hydrogens is 264 g/mol. The maximum absolute atomic E-state index is 11.3. The SMILES string of the molecule is O=C(O)/C(=C/c1cccc(O)c1)c1cccc(Cl)c1. The van der Waals surface area contributed by atoms with E-state index in [4.69, 9.17) is 11.6 Å². The predicted molar refractivity (Wildman–Crippen MR) is 75.1 cm³/mol. The molecule has 19 heavy (non-hydrogen) atoms. The highest BCUT2D eigenvalue weighted by Crippen LogP contribution is 2.23. The first-order chi connectivity index (χ1) is 9.06.